The molecule has 0 fully saturated rings. The van der Waals surface area contributed by atoms with Crippen LogP contribution in [0.25, 0.3) is 11.1 Å². The Hall–Kier alpha value is -2.18. The van der Waals surface area contributed by atoms with Gasteiger partial charge in [-0.05, 0) is 35.4 Å². The van der Waals surface area contributed by atoms with Crippen molar-refractivity contribution in [3.8, 4) is 16.9 Å². The number of aldehydes is 1. The second-order valence-corrected chi connectivity index (χ2v) is 6.86. The molecule has 0 spiro atoms. The molecule has 0 heterocycles. The van der Waals surface area contributed by atoms with Crippen LogP contribution in [-0.4, -0.2) is 38.2 Å². The molecule has 2 aromatic rings. The van der Waals surface area contributed by atoms with Gasteiger partial charge in [0, 0.05) is 14.1 Å². The molecule has 0 unspecified atom stereocenters. The van der Waals surface area contributed by atoms with Crippen LogP contribution in [-0.2, 0) is 10.0 Å². The van der Waals surface area contributed by atoms with Gasteiger partial charge in [0.1, 0.15) is 5.75 Å². The quantitative estimate of drug-likeness (QED) is 0.878. The van der Waals surface area contributed by atoms with Crippen LogP contribution < -0.4 is 0 Å². The van der Waals surface area contributed by atoms with Crippen molar-refractivity contribution in [1.29, 1.82) is 0 Å². The Morgan fingerprint density at radius 3 is 2.33 bits per heavy atom. The topological polar surface area (TPSA) is 74.7 Å². The third-order valence-corrected chi connectivity index (χ3v) is 4.91. The molecule has 0 aliphatic rings. The summed E-state index contributed by atoms with van der Waals surface area (Å²) in [5.74, 6) is -0.106. The van der Waals surface area contributed by atoms with E-state index in [0.29, 0.717) is 17.4 Å². The van der Waals surface area contributed by atoms with Gasteiger partial charge in [-0.3, -0.25) is 4.79 Å². The fraction of sp³-hybridized carbons (Fsp3) is 0.133. The van der Waals surface area contributed by atoms with Crippen molar-refractivity contribution in [3.63, 3.8) is 0 Å². The smallest absolute Gasteiger partial charge is 0.242 e. The predicted octanol–water partition coefficient (Wildman–Crippen LogP) is 2.12. The maximum atomic E-state index is 12.1. The summed E-state index contributed by atoms with van der Waals surface area (Å²) in [5, 5.41) is 9.50. The number of aromatic hydroxyl groups is 1. The van der Waals surface area contributed by atoms with Crippen LogP contribution in [0.4, 0.5) is 0 Å². The molecule has 0 amide bonds. The summed E-state index contributed by atoms with van der Waals surface area (Å²) in [4.78, 5) is 11.0. The minimum Gasteiger partial charge on any atom is -0.507 e. The molecular weight excluding hydrogens is 290 g/mol. The number of rotatable bonds is 4. The first-order chi connectivity index (χ1) is 9.86. The number of benzene rings is 2. The van der Waals surface area contributed by atoms with Gasteiger partial charge in [-0.25, -0.2) is 12.7 Å². The normalized spacial score (nSPS) is 11.6. The molecule has 2 rings (SSSR count). The molecule has 0 saturated carbocycles. The van der Waals surface area contributed by atoms with Gasteiger partial charge >= 0.3 is 0 Å². The van der Waals surface area contributed by atoms with Crippen molar-refractivity contribution < 1.29 is 18.3 Å². The zero-order chi connectivity index (χ0) is 15.6. The fourth-order valence-electron chi connectivity index (χ4n) is 1.88. The molecular formula is C15H15NO4S. The molecule has 1 N–H and O–H groups in total. The summed E-state index contributed by atoms with van der Waals surface area (Å²) in [7, 11) is -0.586. The highest BCUT2D eigenvalue weighted by atomic mass is 32.2. The van der Waals surface area contributed by atoms with Crippen LogP contribution in [0.15, 0.2) is 47.4 Å². The molecule has 6 heteroatoms. The zero-order valence-corrected chi connectivity index (χ0v) is 12.5. The highest BCUT2D eigenvalue weighted by molar-refractivity contribution is 7.89. The van der Waals surface area contributed by atoms with E-state index in [1.165, 1.54) is 38.4 Å². The van der Waals surface area contributed by atoms with Crippen molar-refractivity contribution in [2.24, 2.45) is 0 Å². The molecule has 0 aromatic heterocycles. The first-order valence-corrected chi connectivity index (χ1v) is 7.61. The van der Waals surface area contributed by atoms with E-state index in [1.54, 1.807) is 18.2 Å². The standard InChI is InChI=1S/C15H15NO4S/c1-16(2)21(19,20)14-5-3-4-11(9-14)12-6-7-15(18)13(8-12)10-17/h3-10,18H,1-2H3. The summed E-state index contributed by atoms with van der Waals surface area (Å²) >= 11 is 0. The SMILES string of the molecule is CN(C)S(=O)(=O)c1cccc(-c2ccc(O)c(C=O)c2)c1. The average Bonchev–Trinajstić information content (AvgIpc) is 2.47. The lowest BCUT2D eigenvalue weighted by Crippen LogP contribution is -2.22. The summed E-state index contributed by atoms with van der Waals surface area (Å²) in [6, 6.07) is 11.0. The Morgan fingerprint density at radius 2 is 1.71 bits per heavy atom. The largest absolute Gasteiger partial charge is 0.507 e. The monoisotopic (exact) mass is 305 g/mol. The van der Waals surface area contributed by atoms with Gasteiger partial charge in [-0.1, -0.05) is 18.2 Å². The number of hydrogen-bond acceptors (Lipinski definition) is 4. The van der Waals surface area contributed by atoms with Crippen LogP contribution in [0.5, 0.6) is 5.75 Å². The van der Waals surface area contributed by atoms with Gasteiger partial charge in [-0.2, -0.15) is 0 Å². The van der Waals surface area contributed by atoms with E-state index in [0.717, 1.165) is 4.31 Å². The van der Waals surface area contributed by atoms with E-state index >= 15 is 0 Å². The zero-order valence-electron chi connectivity index (χ0n) is 11.6. The molecule has 0 aliphatic heterocycles. The third kappa shape index (κ3) is 2.96. The van der Waals surface area contributed by atoms with E-state index in [1.807, 2.05) is 0 Å². The molecule has 0 aliphatic carbocycles. The van der Waals surface area contributed by atoms with Crippen molar-refractivity contribution in [3.05, 3.63) is 48.0 Å². The van der Waals surface area contributed by atoms with E-state index in [2.05, 4.69) is 0 Å². The Balaban J connectivity index is 2.54. The molecule has 110 valence electrons. The average molecular weight is 305 g/mol. The Bertz CT molecular complexity index is 782. The van der Waals surface area contributed by atoms with Crippen molar-refractivity contribution >= 4 is 16.3 Å². The molecule has 0 saturated heterocycles. The predicted molar refractivity (Wildman–Crippen MR) is 79.8 cm³/mol. The van der Waals surface area contributed by atoms with Gasteiger partial charge < -0.3 is 5.11 Å². The Kier molecular flexibility index (Phi) is 4.11. The van der Waals surface area contributed by atoms with E-state index in [9.17, 15) is 18.3 Å². The van der Waals surface area contributed by atoms with Crippen LogP contribution in [0.3, 0.4) is 0 Å². The summed E-state index contributed by atoms with van der Waals surface area (Å²) in [6.45, 7) is 0. The van der Waals surface area contributed by atoms with Gasteiger partial charge in [-0.15, -0.1) is 0 Å². The van der Waals surface area contributed by atoms with Crippen molar-refractivity contribution in [2.45, 2.75) is 4.90 Å². The lowest BCUT2D eigenvalue weighted by atomic mass is 10.0. The van der Waals surface area contributed by atoms with E-state index in [-0.39, 0.29) is 16.2 Å². The lowest BCUT2D eigenvalue weighted by molar-refractivity contribution is 0.112. The maximum Gasteiger partial charge on any atom is 0.242 e. The minimum absolute atomic E-state index is 0.106. The van der Waals surface area contributed by atoms with E-state index < -0.39 is 10.0 Å². The number of phenols is 1. The second-order valence-electron chi connectivity index (χ2n) is 4.71. The van der Waals surface area contributed by atoms with Crippen LogP contribution >= 0.6 is 0 Å². The number of nitrogens with zero attached hydrogens (tertiary/aromatic N) is 1. The molecule has 5 nitrogen and oxygen atoms in total. The Labute approximate surface area is 123 Å². The van der Waals surface area contributed by atoms with Gasteiger partial charge in [0.2, 0.25) is 10.0 Å². The van der Waals surface area contributed by atoms with E-state index in [4.69, 9.17) is 0 Å². The summed E-state index contributed by atoms with van der Waals surface area (Å²) < 4.78 is 25.4. The number of phenolic OH excluding ortho intramolecular Hbond substituents is 1. The molecule has 21 heavy (non-hydrogen) atoms. The molecule has 0 atom stereocenters. The second kappa shape index (κ2) is 5.67. The van der Waals surface area contributed by atoms with Crippen LogP contribution in [0.2, 0.25) is 0 Å². The fourth-order valence-corrected chi connectivity index (χ4v) is 2.82. The molecule has 0 bridgehead atoms. The van der Waals surface area contributed by atoms with Crippen molar-refractivity contribution in [2.75, 3.05) is 14.1 Å². The lowest BCUT2D eigenvalue weighted by Gasteiger charge is -2.12. The van der Waals surface area contributed by atoms with Crippen LogP contribution in [0.1, 0.15) is 10.4 Å². The summed E-state index contributed by atoms with van der Waals surface area (Å²) in [6.07, 6.45) is 0.555. The molecule has 0 radical (unpaired) electrons. The van der Waals surface area contributed by atoms with Gasteiger partial charge in [0.05, 0.1) is 10.5 Å². The minimum atomic E-state index is -3.52. The first kappa shape index (κ1) is 15.2. The maximum absolute atomic E-state index is 12.1. The first-order valence-electron chi connectivity index (χ1n) is 6.17. The van der Waals surface area contributed by atoms with Gasteiger partial charge in [0.25, 0.3) is 0 Å². The number of carbonyl (C=O) groups is 1. The van der Waals surface area contributed by atoms with Crippen molar-refractivity contribution in [1.82, 2.24) is 4.31 Å². The third-order valence-electron chi connectivity index (χ3n) is 3.10. The van der Waals surface area contributed by atoms with Crippen LogP contribution in [0, 0.1) is 0 Å². The molecule has 2 aromatic carbocycles. The number of carbonyl (C=O) groups excluding carboxylic acids is 1. The highest BCUT2D eigenvalue weighted by Crippen LogP contribution is 2.27. The summed E-state index contributed by atoms with van der Waals surface area (Å²) in [5.41, 5.74) is 1.47. The highest BCUT2D eigenvalue weighted by Gasteiger charge is 2.17. The van der Waals surface area contributed by atoms with Gasteiger partial charge in [0.15, 0.2) is 6.29 Å². The number of hydrogen-bond donors (Lipinski definition) is 1. The number of sulfonamides is 1. The Morgan fingerprint density at radius 1 is 1.05 bits per heavy atom.